The molecule has 2 unspecified atom stereocenters. The second-order valence-corrected chi connectivity index (χ2v) is 14.3. The van der Waals surface area contributed by atoms with Gasteiger partial charge in [-0.1, -0.05) is 6.07 Å². The SMILES string of the molecule is O=C(Nc1cccc2c1C1CC3(CCN1C2=O)CSCCS3)NC12CC3CC(CC(C3)C1)C2. The van der Waals surface area contributed by atoms with Gasteiger partial charge in [0.25, 0.3) is 5.91 Å². The third-order valence-electron chi connectivity index (χ3n) is 9.35. The maximum absolute atomic E-state index is 13.3. The quantitative estimate of drug-likeness (QED) is 0.600. The van der Waals surface area contributed by atoms with Crippen molar-refractivity contribution in [1.29, 1.82) is 0 Å². The van der Waals surface area contributed by atoms with E-state index in [1.165, 1.54) is 36.5 Å². The second-order valence-electron chi connectivity index (χ2n) is 11.6. The molecule has 3 aliphatic heterocycles. The van der Waals surface area contributed by atoms with E-state index in [0.717, 1.165) is 73.2 Å². The number of hydrogen-bond donors (Lipinski definition) is 2. The maximum atomic E-state index is 13.3. The van der Waals surface area contributed by atoms with Crippen LogP contribution in [0.3, 0.4) is 0 Å². The highest BCUT2D eigenvalue weighted by Crippen LogP contribution is 2.56. The third kappa shape index (κ3) is 3.43. The molecule has 8 rings (SSSR count). The van der Waals surface area contributed by atoms with Crippen LogP contribution in [0, 0.1) is 17.8 Å². The van der Waals surface area contributed by atoms with E-state index in [2.05, 4.69) is 39.1 Å². The van der Waals surface area contributed by atoms with E-state index < -0.39 is 0 Å². The summed E-state index contributed by atoms with van der Waals surface area (Å²) < 4.78 is 0.264. The number of rotatable bonds is 2. The topological polar surface area (TPSA) is 61.4 Å². The Labute approximate surface area is 204 Å². The molecule has 7 aliphatic rings. The van der Waals surface area contributed by atoms with E-state index in [-0.39, 0.29) is 28.3 Å². The van der Waals surface area contributed by atoms with Gasteiger partial charge in [-0.05, 0) is 81.3 Å². The number of amides is 3. The molecule has 4 bridgehead atoms. The molecule has 3 heterocycles. The second kappa shape index (κ2) is 7.58. The van der Waals surface area contributed by atoms with Crippen LogP contribution in [0.2, 0.25) is 0 Å². The number of anilines is 1. The van der Waals surface area contributed by atoms with Crippen molar-refractivity contribution in [2.75, 3.05) is 29.1 Å². The fourth-order valence-corrected chi connectivity index (χ4v) is 11.6. The molecule has 2 saturated heterocycles. The zero-order valence-corrected chi connectivity index (χ0v) is 20.7. The Balaban J connectivity index is 1.14. The number of carbonyl (C=O) groups excluding carboxylic acids is 2. The zero-order valence-electron chi connectivity index (χ0n) is 19.1. The van der Waals surface area contributed by atoms with E-state index in [9.17, 15) is 9.59 Å². The van der Waals surface area contributed by atoms with Crippen LogP contribution >= 0.6 is 23.5 Å². The van der Waals surface area contributed by atoms with E-state index in [0.29, 0.717) is 0 Å². The van der Waals surface area contributed by atoms with Crippen LogP contribution in [0.5, 0.6) is 0 Å². The minimum atomic E-state index is -0.0793. The number of nitrogens with zero attached hydrogens (tertiary/aromatic N) is 1. The minimum Gasteiger partial charge on any atom is -0.332 e. The predicted molar refractivity (Wildman–Crippen MR) is 135 cm³/mol. The number of nitrogens with one attached hydrogen (secondary N) is 2. The molecule has 1 aromatic rings. The van der Waals surface area contributed by atoms with Gasteiger partial charge in [0.2, 0.25) is 0 Å². The molecule has 5 nitrogen and oxygen atoms in total. The van der Waals surface area contributed by atoms with E-state index in [1.807, 2.05) is 18.2 Å². The van der Waals surface area contributed by atoms with Crippen molar-refractivity contribution in [2.45, 2.75) is 67.7 Å². The number of urea groups is 1. The summed E-state index contributed by atoms with van der Waals surface area (Å²) in [5.74, 6) is 6.14. The molecule has 1 aromatic carbocycles. The number of thioether (sulfide) groups is 2. The average Bonchev–Trinajstić information content (AvgIpc) is 3.05. The molecule has 6 fully saturated rings. The number of hydrogen-bond acceptors (Lipinski definition) is 4. The Hall–Kier alpha value is -1.34. The van der Waals surface area contributed by atoms with Crippen LogP contribution in [-0.4, -0.2) is 50.9 Å². The number of piperidine rings is 1. The summed E-state index contributed by atoms with van der Waals surface area (Å²) in [5, 5.41) is 6.67. The zero-order chi connectivity index (χ0) is 22.2. The van der Waals surface area contributed by atoms with Crippen LogP contribution in [0.1, 0.15) is 73.3 Å². The van der Waals surface area contributed by atoms with Crippen molar-refractivity contribution in [3.05, 3.63) is 29.3 Å². The summed E-state index contributed by atoms with van der Waals surface area (Å²) >= 11 is 4.17. The smallest absolute Gasteiger partial charge is 0.319 e. The van der Waals surface area contributed by atoms with Crippen LogP contribution < -0.4 is 10.6 Å². The monoisotopic (exact) mass is 483 g/mol. The first-order valence-electron chi connectivity index (χ1n) is 12.8. The summed E-state index contributed by atoms with van der Waals surface area (Å²) in [6.45, 7) is 0.824. The van der Waals surface area contributed by atoms with E-state index in [4.69, 9.17) is 0 Å². The molecule has 33 heavy (non-hydrogen) atoms. The van der Waals surface area contributed by atoms with Gasteiger partial charge < -0.3 is 15.5 Å². The molecule has 2 N–H and O–H groups in total. The van der Waals surface area contributed by atoms with Gasteiger partial charge in [0.1, 0.15) is 0 Å². The third-order valence-corrected chi connectivity index (χ3v) is 12.6. The number of carbonyl (C=O) groups is 2. The summed E-state index contributed by atoms with van der Waals surface area (Å²) in [6.07, 6.45) is 9.61. The molecule has 1 spiro atoms. The molecule has 0 radical (unpaired) electrons. The van der Waals surface area contributed by atoms with Crippen molar-refractivity contribution in [3.8, 4) is 0 Å². The van der Waals surface area contributed by atoms with Gasteiger partial charge in [-0.2, -0.15) is 23.5 Å². The van der Waals surface area contributed by atoms with Crippen LogP contribution in [-0.2, 0) is 0 Å². The minimum absolute atomic E-state index is 0.0104. The predicted octanol–water partition coefficient (Wildman–Crippen LogP) is 5.29. The fourth-order valence-electron chi connectivity index (χ4n) is 8.46. The van der Waals surface area contributed by atoms with Crippen molar-refractivity contribution in [3.63, 3.8) is 0 Å². The lowest BCUT2D eigenvalue weighted by Crippen LogP contribution is -2.60. The lowest BCUT2D eigenvalue weighted by Gasteiger charge is -2.56. The molecular weight excluding hydrogens is 450 g/mol. The van der Waals surface area contributed by atoms with Gasteiger partial charge in [0.15, 0.2) is 0 Å². The lowest BCUT2D eigenvalue weighted by molar-refractivity contribution is -0.0127. The Morgan fingerprint density at radius 2 is 1.79 bits per heavy atom. The standard InChI is InChI=1S/C26H33N3O2S2/c30-23-19-2-1-3-20(22(19)21-14-26(4-5-29(21)23)15-32-6-7-33-26)27-24(31)28-25-11-16-8-17(12-25)10-18(9-16)13-25/h1-3,16-18,21H,4-15H2,(H2,27,28,31). The van der Waals surface area contributed by atoms with Gasteiger partial charge in [-0.25, -0.2) is 4.79 Å². The van der Waals surface area contributed by atoms with Gasteiger partial charge in [0, 0.05) is 50.9 Å². The first-order valence-corrected chi connectivity index (χ1v) is 14.9. The van der Waals surface area contributed by atoms with Gasteiger partial charge in [0.05, 0.1) is 6.04 Å². The normalized spacial score (nSPS) is 40.6. The lowest BCUT2D eigenvalue weighted by atomic mass is 9.53. The molecule has 2 atom stereocenters. The van der Waals surface area contributed by atoms with E-state index >= 15 is 0 Å². The molecule has 7 heteroatoms. The maximum Gasteiger partial charge on any atom is 0.319 e. The van der Waals surface area contributed by atoms with Crippen molar-refractivity contribution < 1.29 is 9.59 Å². The van der Waals surface area contributed by atoms with Gasteiger partial charge in [-0.3, -0.25) is 4.79 Å². The molecule has 4 aliphatic carbocycles. The Morgan fingerprint density at radius 3 is 2.48 bits per heavy atom. The Bertz CT molecular complexity index is 970. The van der Waals surface area contributed by atoms with Crippen molar-refractivity contribution in [2.24, 2.45) is 17.8 Å². The average molecular weight is 484 g/mol. The molecule has 176 valence electrons. The molecule has 4 saturated carbocycles. The molecule has 3 amide bonds. The van der Waals surface area contributed by atoms with Crippen LogP contribution in [0.15, 0.2) is 18.2 Å². The highest BCUT2D eigenvalue weighted by atomic mass is 32.2. The highest BCUT2D eigenvalue weighted by molar-refractivity contribution is 8.07. The summed E-state index contributed by atoms with van der Waals surface area (Å²) in [4.78, 5) is 28.6. The van der Waals surface area contributed by atoms with E-state index in [1.54, 1.807) is 0 Å². The molecule has 0 aromatic heterocycles. The fraction of sp³-hybridized carbons (Fsp3) is 0.692. The largest absolute Gasteiger partial charge is 0.332 e. The van der Waals surface area contributed by atoms with Gasteiger partial charge in [-0.15, -0.1) is 0 Å². The summed E-state index contributed by atoms with van der Waals surface area (Å²) in [6, 6.07) is 5.89. The summed E-state index contributed by atoms with van der Waals surface area (Å²) in [7, 11) is 0. The first kappa shape index (κ1) is 21.0. The first-order chi connectivity index (χ1) is 16.0. The molecular formula is C26H33N3O2S2. The number of fused-ring (bicyclic) bond motifs is 3. The number of benzene rings is 1. The summed E-state index contributed by atoms with van der Waals surface area (Å²) in [5.41, 5.74) is 2.67. The van der Waals surface area contributed by atoms with Crippen LogP contribution in [0.25, 0.3) is 0 Å². The van der Waals surface area contributed by atoms with Gasteiger partial charge >= 0.3 is 6.03 Å². The Morgan fingerprint density at radius 1 is 1.03 bits per heavy atom. The van der Waals surface area contributed by atoms with Crippen molar-refractivity contribution in [1.82, 2.24) is 10.2 Å². The van der Waals surface area contributed by atoms with Crippen LogP contribution in [0.4, 0.5) is 10.5 Å². The van der Waals surface area contributed by atoms with Crippen molar-refractivity contribution >= 4 is 41.1 Å². The highest BCUT2D eigenvalue weighted by Gasteiger charge is 2.52. The Kier molecular flexibility index (Phi) is 4.82.